The number of ether oxygens (including phenoxy) is 1. The van der Waals surface area contributed by atoms with Gasteiger partial charge in [0.25, 0.3) is 5.91 Å². The Labute approximate surface area is 144 Å². The molecule has 0 saturated carbocycles. The Kier molecular flexibility index (Phi) is 4.85. The summed E-state index contributed by atoms with van der Waals surface area (Å²) in [5, 5.41) is 10.5. The molecule has 0 fully saturated rings. The second-order valence-electron chi connectivity index (χ2n) is 5.50. The van der Waals surface area contributed by atoms with Crippen molar-refractivity contribution in [2.45, 2.75) is 13.5 Å². The first kappa shape index (κ1) is 16.8. The third-order valence-electron chi connectivity index (χ3n) is 3.66. The summed E-state index contributed by atoms with van der Waals surface area (Å²) in [5.41, 5.74) is 2.52. The molecule has 2 aromatic carbocycles. The second-order valence-corrected chi connectivity index (χ2v) is 5.50. The van der Waals surface area contributed by atoms with Gasteiger partial charge in [0.05, 0.1) is 18.0 Å². The van der Waals surface area contributed by atoms with Gasteiger partial charge in [-0.1, -0.05) is 35.0 Å². The highest BCUT2D eigenvalue weighted by molar-refractivity contribution is 6.03. The monoisotopic (exact) mass is 340 g/mol. The number of anilines is 1. The van der Waals surface area contributed by atoms with Crippen molar-refractivity contribution in [3.63, 3.8) is 0 Å². The average Bonchev–Trinajstić information content (AvgIpc) is 3.02. The number of methoxy groups -OCH3 is 1. The van der Waals surface area contributed by atoms with Crippen molar-refractivity contribution in [3.8, 4) is 5.69 Å². The van der Waals surface area contributed by atoms with E-state index in [1.54, 1.807) is 16.8 Å². The molecule has 25 heavy (non-hydrogen) atoms. The number of hydrogen-bond acceptors (Lipinski definition) is 4. The average molecular weight is 340 g/mol. The number of nitrogens with zero attached hydrogens (tertiary/aromatic N) is 3. The van der Waals surface area contributed by atoms with E-state index in [1.807, 2.05) is 31.2 Å². The van der Waals surface area contributed by atoms with Crippen LogP contribution in [0.4, 0.5) is 10.1 Å². The number of aryl methyl sites for hydroxylation is 1. The molecular formula is C18H17FN4O2. The van der Waals surface area contributed by atoms with Gasteiger partial charge >= 0.3 is 0 Å². The standard InChI is InChI=1S/C18H17FN4O2/c1-12-7-9-13(10-8-12)23-16(11-25-2)17(21-22-23)18(24)20-15-6-4-3-5-14(15)19/h3-10H,11H2,1-2H3,(H,20,24). The van der Waals surface area contributed by atoms with Gasteiger partial charge in [-0.15, -0.1) is 5.10 Å². The van der Waals surface area contributed by atoms with Crippen molar-refractivity contribution >= 4 is 11.6 Å². The Hall–Kier alpha value is -3.06. The number of halogens is 1. The van der Waals surface area contributed by atoms with Gasteiger partial charge in [-0.3, -0.25) is 4.79 Å². The van der Waals surface area contributed by atoms with Gasteiger partial charge in [-0.25, -0.2) is 9.07 Å². The summed E-state index contributed by atoms with van der Waals surface area (Å²) >= 11 is 0. The zero-order valence-corrected chi connectivity index (χ0v) is 13.9. The summed E-state index contributed by atoms with van der Waals surface area (Å²) in [6.07, 6.45) is 0. The Bertz CT molecular complexity index is 890. The maximum Gasteiger partial charge on any atom is 0.278 e. The molecule has 3 rings (SSSR count). The predicted octanol–water partition coefficient (Wildman–Crippen LogP) is 3.11. The first-order chi connectivity index (χ1) is 12.1. The molecule has 0 atom stereocenters. The zero-order chi connectivity index (χ0) is 17.8. The van der Waals surface area contributed by atoms with Crippen molar-refractivity contribution < 1.29 is 13.9 Å². The molecule has 128 valence electrons. The van der Waals surface area contributed by atoms with Crippen LogP contribution in [-0.4, -0.2) is 28.0 Å². The maximum atomic E-state index is 13.7. The minimum absolute atomic E-state index is 0.0840. The summed E-state index contributed by atoms with van der Waals surface area (Å²) in [7, 11) is 1.52. The molecule has 1 heterocycles. The van der Waals surface area contributed by atoms with Gasteiger partial charge in [0.1, 0.15) is 11.5 Å². The molecular weight excluding hydrogens is 323 g/mol. The fraction of sp³-hybridized carbons (Fsp3) is 0.167. The number of aromatic nitrogens is 3. The van der Waals surface area contributed by atoms with Gasteiger partial charge in [0, 0.05) is 7.11 Å². The van der Waals surface area contributed by atoms with Crippen molar-refractivity contribution in [1.82, 2.24) is 15.0 Å². The SMILES string of the molecule is COCc1c(C(=O)Nc2ccccc2F)nnn1-c1ccc(C)cc1. The zero-order valence-electron chi connectivity index (χ0n) is 13.9. The molecule has 3 aromatic rings. The van der Waals surface area contributed by atoms with Crippen LogP contribution in [0.2, 0.25) is 0 Å². The number of hydrogen-bond donors (Lipinski definition) is 1. The van der Waals surface area contributed by atoms with Gasteiger partial charge in [0.2, 0.25) is 0 Å². The highest BCUT2D eigenvalue weighted by Crippen LogP contribution is 2.18. The van der Waals surface area contributed by atoms with Crippen LogP contribution in [0.15, 0.2) is 48.5 Å². The van der Waals surface area contributed by atoms with Crippen molar-refractivity contribution in [3.05, 3.63) is 71.3 Å². The van der Waals surface area contributed by atoms with Crippen LogP contribution in [0.5, 0.6) is 0 Å². The minimum atomic E-state index is -0.546. The lowest BCUT2D eigenvalue weighted by atomic mass is 10.2. The number of carbonyl (C=O) groups is 1. The molecule has 0 aliphatic carbocycles. The van der Waals surface area contributed by atoms with Crippen LogP contribution in [-0.2, 0) is 11.3 Å². The number of benzene rings is 2. The Morgan fingerprint density at radius 2 is 1.92 bits per heavy atom. The Morgan fingerprint density at radius 1 is 1.20 bits per heavy atom. The number of rotatable bonds is 5. The highest BCUT2D eigenvalue weighted by atomic mass is 19.1. The fourth-order valence-corrected chi connectivity index (χ4v) is 2.38. The predicted molar refractivity (Wildman–Crippen MR) is 91.2 cm³/mol. The molecule has 1 amide bonds. The lowest BCUT2D eigenvalue weighted by Crippen LogP contribution is -2.16. The summed E-state index contributed by atoms with van der Waals surface area (Å²) < 4.78 is 20.5. The maximum absolute atomic E-state index is 13.7. The number of carbonyl (C=O) groups excluding carboxylic acids is 1. The second kappa shape index (κ2) is 7.23. The van der Waals surface area contributed by atoms with E-state index in [4.69, 9.17) is 4.74 Å². The fourth-order valence-electron chi connectivity index (χ4n) is 2.38. The first-order valence-electron chi connectivity index (χ1n) is 7.66. The molecule has 0 radical (unpaired) electrons. The lowest BCUT2D eigenvalue weighted by Gasteiger charge is -2.08. The molecule has 0 saturated heterocycles. The molecule has 0 aliphatic rings. The Balaban J connectivity index is 1.95. The third kappa shape index (κ3) is 3.56. The minimum Gasteiger partial charge on any atom is -0.378 e. The van der Waals surface area contributed by atoms with E-state index in [-0.39, 0.29) is 18.0 Å². The van der Waals surface area contributed by atoms with E-state index in [9.17, 15) is 9.18 Å². The summed E-state index contributed by atoms with van der Waals surface area (Å²) in [6.45, 7) is 2.12. The van der Waals surface area contributed by atoms with Crippen LogP contribution >= 0.6 is 0 Å². The normalized spacial score (nSPS) is 10.7. The van der Waals surface area contributed by atoms with Crippen LogP contribution in [0, 0.1) is 12.7 Å². The summed E-state index contributed by atoms with van der Waals surface area (Å²) in [5.74, 6) is -1.06. The molecule has 0 aliphatic heterocycles. The van der Waals surface area contributed by atoms with E-state index in [0.717, 1.165) is 11.3 Å². The van der Waals surface area contributed by atoms with Crippen molar-refractivity contribution in [2.75, 3.05) is 12.4 Å². The van der Waals surface area contributed by atoms with E-state index in [0.29, 0.717) is 5.69 Å². The van der Waals surface area contributed by atoms with E-state index < -0.39 is 11.7 Å². The van der Waals surface area contributed by atoms with Gasteiger partial charge < -0.3 is 10.1 Å². The first-order valence-corrected chi connectivity index (χ1v) is 7.66. The van der Waals surface area contributed by atoms with E-state index in [2.05, 4.69) is 15.6 Å². The Morgan fingerprint density at radius 3 is 2.60 bits per heavy atom. The van der Waals surface area contributed by atoms with Crippen LogP contribution in [0.25, 0.3) is 5.69 Å². The van der Waals surface area contributed by atoms with Crippen molar-refractivity contribution in [2.24, 2.45) is 0 Å². The summed E-state index contributed by atoms with van der Waals surface area (Å²) in [6, 6.07) is 13.6. The van der Waals surface area contributed by atoms with E-state index >= 15 is 0 Å². The topological polar surface area (TPSA) is 69.0 Å². The lowest BCUT2D eigenvalue weighted by molar-refractivity contribution is 0.101. The van der Waals surface area contributed by atoms with Gasteiger partial charge in [-0.2, -0.15) is 0 Å². The molecule has 1 N–H and O–H groups in total. The molecule has 6 nitrogen and oxygen atoms in total. The van der Waals surface area contributed by atoms with Gasteiger partial charge in [-0.05, 0) is 31.2 Å². The largest absolute Gasteiger partial charge is 0.378 e. The quantitative estimate of drug-likeness (QED) is 0.775. The number of para-hydroxylation sites is 1. The summed E-state index contributed by atoms with van der Waals surface area (Å²) in [4.78, 5) is 12.5. The van der Waals surface area contributed by atoms with Crippen LogP contribution in [0.3, 0.4) is 0 Å². The number of nitrogens with one attached hydrogen (secondary N) is 1. The van der Waals surface area contributed by atoms with E-state index in [1.165, 1.54) is 19.2 Å². The molecule has 0 spiro atoms. The van der Waals surface area contributed by atoms with Crippen molar-refractivity contribution in [1.29, 1.82) is 0 Å². The molecule has 0 bridgehead atoms. The van der Waals surface area contributed by atoms with Crippen LogP contribution < -0.4 is 5.32 Å². The highest BCUT2D eigenvalue weighted by Gasteiger charge is 2.21. The third-order valence-corrected chi connectivity index (χ3v) is 3.66. The smallest absolute Gasteiger partial charge is 0.278 e. The van der Waals surface area contributed by atoms with Crippen LogP contribution in [0.1, 0.15) is 21.7 Å². The molecule has 7 heteroatoms. The molecule has 1 aromatic heterocycles. The number of amides is 1. The molecule has 0 unspecified atom stereocenters. The van der Waals surface area contributed by atoms with Gasteiger partial charge in [0.15, 0.2) is 5.69 Å².